The maximum atomic E-state index is 13.4. The fraction of sp³-hybridized carbons (Fsp3) is 0.323. The van der Waals surface area contributed by atoms with E-state index in [2.05, 4.69) is 0 Å². The minimum Gasteiger partial charge on any atom is -0.493 e. The molecular weight excluding hydrogens is 517 g/mol. The molecule has 0 aliphatic carbocycles. The van der Waals surface area contributed by atoms with E-state index in [4.69, 9.17) is 28.4 Å². The summed E-state index contributed by atoms with van der Waals surface area (Å²) in [4.78, 5) is 14.3. The van der Waals surface area contributed by atoms with Gasteiger partial charge in [-0.15, -0.1) is 0 Å². The summed E-state index contributed by atoms with van der Waals surface area (Å²) in [5.74, 6) is 2.46. The average Bonchev–Trinajstić information content (AvgIpc) is 2.98. The summed E-state index contributed by atoms with van der Waals surface area (Å²) in [5, 5.41) is 0. The molecule has 2 atom stereocenters. The van der Waals surface area contributed by atoms with E-state index >= 15 is 0 Å². The Kier molecular flexibility index (Phi) is 9.50. The zero-order chi connectivity index (χ0) is 28.6. The second kappa shape index (κ2) is 13.2. The number of carbonyl (C=O) groups excluding carboxylic acids is 1. The molecular formula is C31H34FNO7. The molecule has 0 saturated carbocycles. The van der Waals surface area contributed by atoms with Crippen LogP contribution in [0.15, 0.2) is 54.6 Å². The van der Waals surface area contributed by atoms with Crippen molar-refractivity contribution in [3.05, 3.63) is 77.1 Å². The molecule has 3 aromatic carbocycles. The number of benzene rings is 3. The van der Waals surface area contributed by atoms with Crippen LogP contribution in [0.3, 0.4) is 0 Å². The lowest BCUT2D eigenvalue weighted by molar-refractivity contribution is -0.171. The first-order chi connectivity index (χ1) is 19.4. The van der Waals surface area contributed by atoms with Gasteiger partial charge in [-0.05, 0) is 59.5 Å². The number of carbonyl (C=O) groups is 1. The van der Waals surface area contributed by atoms with Crippen LogP contribution < -0.4 is 23.7 Å². The van der Waals surface area contributed by atoms with Gasteiger partial charge in [-0.2, -0.15) is 0 Å². The van der Waals surface area contributed by atoms with Crippen LogP contribution in [0.25, 0.3) is 12.2 Å². The highest BCUT2D eigenvalue weighted by Gasteiger charge is 2.48. The summed E-state index contributed by atoms with van der Waals surface area (Å²) in [6, 6.07) is 15.3. The van der Waals surface area contributed by atoms with Crippen molar-refractivity contribution in [3.8, 4) is 28.7 Å². The topological polar surface area (TPSA) is 75.7 Å². The first-order valence-corrected chi connectivity index (χ1v) is 12.8. The number of hydrogen-bond donors (Lipinski definition) is 0. The molecule has 0 spiro atoms. The molecule has 0 unspecified atom stereocenters. The van der Waals surface area contributed by atoms with E-state index < -0.39 is 6.10 Å². The van der Waals surface area contributed by atoms with E-state index in [1.165, 1.54) is 19.2 Å². The fourth-order valence-electron chi connectivity index (χ4n) is 4.73. The van der Waals surface area contributed by atoms with Gasteiger partial charge in [0.05, 0.1) is 41.1 Å². The third-order valence-corrected chi connectivity index (χ3v) is 6.76. The maximum absolute atomic E-state index is 13.4. The molecule has 8 nitrogen and oxygen atoms in total. The number of amides is 1. The van der Waals surface area contributed by atoms with Crippen molar-refractivity contribution in [2.45, 2.75) is 18.6 Å². The Bertz CT molecular complexity index is 1320. The SMILES string of the molecule is COc1ccc(/C=C\c2cc(OC)c(OC)c(OC)c2)cc1OCCCN1C(=O)[C@@H](OC)[C@H]1c1ccc(F)cc1. The van der Waals surface area contributed by atoms with Crippen molar-refractivity contribution < 1.29 is 37.6 Å². The summed E-state index contributed by atoms with van der Waals surface area (Å²) in [6.45, 7) is 0.845. The molecule has 0 aromatic heterocycles. The van der Waals surface area contributed by atoms with Gasteiger partial charge in [0.15, 0.2) is 29.1 Å². The molecule has 1 heterocycles. The normalized spacial score (nSPS) is 16.6. The van der Waals surface area contributed by atoms with Crippen molar-refractivity contribution in [3.63, 3.8) is 0 Å². The van der Waals surface area contributed by atoms with E-state index in [9.17, 15) is 9.18 Å². The second-order valence-electron chi connectivity index (χ2n) is 9.09. The number of hydrogen-bond acceptors (Lipinski definition) is 7. The molecule has 1 amide bonds. The minimum absolute atomic E-state index is 0.0895. The van der Waals surface area contributed by atoms with Gasteiger partial charge in [0.2, 0.25) is 5.75 Å². The zero-order valence-electron chi connectivity index (χ0n) is 23.3. The smallest absolute Gasteiger partial charge is 0.254 e. The van der Waals surface area contributed by atoms with Gasteiger partial charge in [0, 0.05) is 13.7 Å². The molecule has 1 aliphatic heterocycles. The van der Waals surface area contributed by atoms with Crippen LogP contribution in [-0.4, -0.2) is 65.6 Å². The largest absolute Gasteiger partial charge is 0.493 e. The fourth-order valence-corrected chi connectivity index (χ4v) is 4.73. The maximum Gasteiger partial charge on any atom is 0.254 e. The molecule has 212 valence electrons. The van der Waals surface area contributed by atoms with Crippen LogP contribution in [0.1, 0.15) is 29.2 Å². The quantitative estimate of drug-likeness (QED) is 0.160. The van der Waals surface area contributed by atoms with Crippen molar-refractivity contribution >= 4 is 18.1 Å². The van der Waals surface area contributed by atoms with E-state index in [0.717, 1.165) is 16.7 Å². The van der Waals surface area contributed by atoms with Crippen LogP contribution in [0.5, 0.6) is 28.7 Å². The van der Waals surface area contributed by atoms with Crippen molar-refractivity contribution in [2.75, 3.05) is 48.7 Å². The van der Waals surface area contributed by atoms with Gasteiger partial charge in [0.1, 0.15) is 5.82 Å². The Labute approximate surface area is 233 Å². The molecule has 40 heavy (non-hydrogen) atoms. The Morgan fingerprint density at radius 2 is 1.40 bits per heavy atom. The van der Waals surface area contributed by atoms with E-state index in [1.807, 2.05) is 42.5 Å². The van der Waals surface area contributed by atoms with Gasteiger partial charge >= 0.3 is 0 Å². The molecule has 1 saturated heterocycles. The van der Waals surface area contributed by atoms with Crippen molar-refractivity contribution in [1.82, 2.24) is 4.90 Å². The molecule has 4 rings (SSSR count). The predicted molar refractivity (Wildman–Crippen MR) is 150 cm³/mol. The van der Waals surface area contributed by atoms with Gasteiger partial charge in [-0.25, -0.2) is 4.39 Å². The third-order valence-electron chi connectivity index (χ3n) is 6.76. The summed E-state index contributed by atoms with van der Waals surface area (Å²) in [6.07, 6.45) is 3.91. The number of methoxy groups -OCH3 is 5. The number of likely N-dealkylation sites (tertiary alicyclic amines) is 1. The average molecular weight is 552 g/mol. The van der Waals surface area contributed by atoms with Crippen molar-refractivity contribution in [1.29, 1.82) is 0 Å². The van der Waals surface area contributed by atoms with Crippen LogP contribution in [-0.2, 0) is 9.53 Å². The lowest BCUT2D eigenvalue weighted by Gasteiger charge is -2.46. The Morgan fingerprint density at radius 1 is 0.775 bits per heavy atom. The standard InChI is InChI=1S/C31H34FNO7/c1-35-24-14-9-20(7-8-21-18-26(36-2)29(38-4)27(19-21)37-3)17-25(24)40-16-6-15-33-28(30(39-5)31(33)34)22-10-12-23(32)13-11-22/h7-14,17-19,28,30H,6,15-16H2,1-5H3/b8-7-/t28-,30+/m1/s1. The van der Waals surface area contributed by atoms with Crippen LogP contribution in [0.4, 0.5) is 4.39 Å². The highest BCUT2D eigenvalue weighted by molar-refractivity contribution is 5.89. The lowest BCUT2D eigenvalue weighted by Crippen LogP contribution is -2.59. The van der Waals surface area contributed by atoms with E-state index in [1.54, 1.807) is 45.5 Å². The number of nitrogens with zero attached hydrogens (tertiary/aromatic N) is 1. The van der Waals surface area contributed by atoms with Crippen LogP contribution in [0, 0.1) is 5.82 Å². The second-order valence-corrected chi connectivity index (χ2v) is 9.09. The Balaban J connectivity index is 1.41. The van der Waals surface area contributed by atoms with Gasteiger partial charge in [-0.3, -0.25) is 4.79 Å². The minimum atomic E-state index is -0.569. The zero-order valence-corrected chi connectivity index (χ0v) is 23.3. The number of halogens is 1. The Hall–Kier alpha value is -4.24. The molecule has 0 radical (unpaired) electrons. The summed E-state index contributed by atoms with van der Waals surface area (Å²) < 4.78 is 46.6. The first-order valence-electron chi connectivity index (χ1n) is 12.8. The van der Waals surface area contributed by atoms with Crippen molar-refractivity contribution in [2.24, 2.45) is 0 Å². The van der Waals surface area contributed by atoms with Crippen LogP contribution in [0.2, 0.25) is 0 Å². The molecule has 9 heteroatoms. The molecule has 0 N–H and O–H groups in total. The van der Waals surface area contributed by atoms with Crippen LogP contribution >= 0.6 is 0 Å². The predicted octanol–water partition coefficient (Wildman–Crippen LogP) is 5.40. The van der Waals surface area contributed by atoms with Gasteiger partial charge < -0.3 is 33.3 Å². The molecule has 1 aliphatic rings. The Morgan fingerprint density at radius 3 is 2.00 bits per heavy atom. The van der Waals surface area contributed by atoms with E-state index in [0.29, 0.717) is 48.3 Å². The highest BCUT2D eigenvalue weighted by atomic mass is 19.1. The summed E-state index contributed by atoms with van der Waals surface area (Å²) in [5.41, 5.74) is 2.61. The number of rotatable bonds is 13. The molecule has 3 aromatic rings. The molecule has 1 fully saturated rings. The molecule has 0 bridgehead atoms. The number of ether oxygens (including phenoxy) is 6. The number of β-lactam (4-membered cyclic amide) rings is 1. The van der Waals surface area contributed by atoms with Gasteiger partial charge in [-0.1, -0.05) is 30.4 Å². The monoisotopic (exact) mass is 551 g/mol. The summed E-state index contributed by atoms with van der Waals surface area (Å²) in [7, 11) is 7.82. The summed E-state index contributed by atoms with van der Waals surface area (Å²) >= 11 is 0. The first kappa shape index (κ1) is 28.8. The van der Waals surface area contributed by atoms with Gasteiger partial charge in [0.25, 0.3) is 5.91 Å². The third kappa shape index (κ3) is 6.15. The van der Waals surface area contributed by atoms with E-state index in [-0.39, 0.29) is 17.8 Å². The highest BCUT2D eigenvalue weighted by Crippen LogP contribution is 2.39. The lowest BCUT2D eigenvalue weighted by atomic mass is 9.90.